The molecule has 1 N–H and O–H groups in total. The van der Waals surface area contributed by atoms with E-state index < -0.39 is 0 Å². The van der Waals surface area contributed by atoms with Crippen molar-refractivity contribution in [2.75, 3.05) is 5.32 Å². The Morgan fingerprint density at radius 3 is 2.80 bits per heavy atom. The molecule has 3 aromatic rings. The van der Waals surface area contributed by atoms with Gasteiger partial charge in [-0.05, 0) is 44.0 Å². The van der Waals surface area contributed by atoms with Crippen molar-refractivity contribution < 1.29 is 4.79 Å². The second-order valence-electron chi connectivity index (χ2n) is 5.38. The number of nitrogens with one attached hydrogen (secondary N) is 1. The van der Waals surface area contributed by atoms with Crippen molar-refractivity contribution >= 4 is 34.7 Å². The Kier molecular flexibility index (Phi) is 5.78. The van der Waals surface area contributed by atoms with Crippen LogP contribution < -0.4 is 5.32 Å². The lowest BCUT2D eigenvalue weighted by atomic mass is 10.3. The molecule has 0 saturated heterocycles. The summed E-state index contributed by atoms with van der Waals surface area (Å²) >= 11 is 2.92. The summed E-state index contributed by atoms with van der Waals surface area (Å²) in [5.41, 5.74) is 1.49. The summed E-state index contributed by atoms with van der Waals surface area (Å²) in [5, 5.41) is 5.59. The molecule has 5 nitrogen and oxygen atoms in total. The highest BCUT2D eigenvalue weighted by molar-refractivity contribution is 7.99. The van der Waals surface area contributed by atoms with Crippen LogP contribution in [0.1, 0.15) is 33.7 Å². The number of aromatic nitrogens is 3. The number of amides is 1. The van der Waals surface area contributed by atoms with Gasteiger partial charge in [0.2, 0.25) is 0 Å². The van der Waals surface area contributed by atoms with Gasteiger partial charge in [-0.3, -0.25) is 4.79 Å². The summed E-state index contributed by atoms with van der Waals surface area (Å²) in [5.74, 6) is -0.127. The first-order valence-electron chi connectivity index (χ1n) is 7.98. The third-order valence-electron chi connectivity index (χ3n) is 3.35. The normalized spacial score (nSPS) is 10.6. The molecule has 0 saturated carbocycles. The minimum atomic E-state index is -0.127. The smallest absolute Gasteiger partial charge is 0.267 e. The van der Waals surface area contributed by atoms with Crippen molar-refractivity contribution in [1.82, 2.24) is 15.0 Å². The minimum absolute atomic E-state index is 0.127. The van der Waals surface area contributed by atoms with Gasteiger partial charge in [-0.15, -0.1) is 11.3 Å². The van der Waals surface area contributed by atoms with Gasteiger partial charge in [0, 0.05) is 18.1 Å². The molecule has 3 aromatic heterocycles. The van der Waals surface area contributed by atoms with E-state index in [1.807, 2.05) is 31.2 Å². The second-order valence-corrected chi connectivity index (χ2v) is 7.50. The molecule has 0 aliphatic heterocycles. The highest BCUT2D eigenvalue weighted by Gasteiger charge is 2.15. The average molecular weight is 371 g/mol. The molecule has 128 valence electrons. The van der Waals surface area contributed by atoms with Crippen LogP contribution in [-0.2, 0) is 6.42 Å². The van der Waals surface area contributed by atoms with Crippen LogP contribution in [-0.4, -0.2) is 20.9 Å². The number of thiazole rings is 1. The van der Waals surface area contributed by atoms with Crippen LogP contribution in [0.2, 0.25) is 0 Å². The molecule has 0 fully saturated rings. The van der Waals surface area contributed by atoms with E-state index in [0.717, 1.165) is 33.6 Å². The van der Waals surface area contributed by atoms with Crippen molar-refractivity contribution in [3.8, 4) is 0 Å². The highest BCUT2D eigenvalue weighted by atomic mass is 32.2. The Labute approximate surface area is 155 Å². The van der Waals surface area contributed by atoms with Gasteiger partial charge in [0.05, 0.1) is 10.7 Å². The SMILES string of the molecule is CCCc1nc(C)c(C(=O)Nc2ccnc(Sc3ccccn3)c2)s1. The molecule has 0 atom stereocenters. The maximum absolute atomic E-state index is 12.5. The molecule has 3 heterocycles. The molecular weight excluding hydrogens is 352 g/mol. The fraction of sp³-hybridized carbons (Fsp3) is 0.222. The van der Waals surface area contributed by atoms with Crippen LogP contribution in [0.5, 0.6) is 0 Å². The van der Waals surface area contributed by atoms with Crippen molar-refractivity contribution in [3.05, 3.63) is 58.3 Å². The molecule has 0 spiro atoms. The Bertz CT molecular complexity index is 865. The summed E-state index contributed by atoms with van der Waals surface area (Å²) in [6.45, 7) is 3.98. The average Bonchev–Trinajstić information content (AvgIpc) is 2.97. The van der Waals surface area contributed by atoms with Gasteiger partial charge < -0.3 is 5.32 Å². The van der Waals surface area contributed by atoms with Gasteiger partial charge in [0.1, 0.15) is 14.9 Å². The number of carbonyl (C=O) groups is 1. The van der Waals surface area contributed by atoms with Crippen molar-refractivity contribution in [1.29, 1.82) is 0 Å². The van der Waals surface area contributed by atoms with E-state index in [0.29, 0.717) is 10.6 Å². The number of aryl methyl sites for hydroxylation is 2. The summed E-state index contributed by atoms with van der Waals surface area (Å²) in [7, 11) is 0. The van der Waals surface area contributed by atoms with E-state index in [-0.39, 0.29) is 5.91 Å². The molecule has 0 aliphatic rings. The molecule has 0 aliphatic carbocycles. The lowest BCUT2D eigenvalue weighted by molar-refractivity contribution is 0.103. The topological polar surface area (TPSA) is 67.8 Å². The molecule has 1 amide bonds. The molecule has 3 rings (SSSR count). The zero-order chi connectivity index (χ0) is 17.6. The predicted octanol–water partition coefficient (Wildman–Crippen LogP) is 4.60. The van der Waals surface area contributed by atoms with Gasteiger partial charge in [-0.2, -0.15) is 0 Å². The summed E-state index contributed by atoms with van der Waals surface area (Å²) < 4.78 is 0. The van der Waals surface area contributed by atoms with Crippen molar-refractivity contribution in [2.45, 2.75) is 36.7 Å². The zero-order valence-electron chi connectivity index (χ0n) is 14.0. The van der Waals surface area contributed by atoms with E-state index in [4.69, 9.17) is 0 Å². The van der Waals surface area contributed by atoms with Crippen molar-refractivity contribution in [2.24, 2.45) is 0 Å². The lowest BCUT2D eigenvalue weighted by Crippen LogP contribution is -2.11. The van der Waals surface area contributed by atoms with Crippen LogP contribution in [0.25, 0.3) is 0 Å². The maximum atomic E-state index is 12.5. The Morgan fingerprint density at radius 1 is 1.20 bits per heavy atom. The lowest BCUT2D eigenvalue weighted by Gasteiger charge is -2.06. The molecule has 0 unspecified atom stereocenters. The number of hydrogen-bond acceptors (Lipinski definition) is 6. The van der Waals surface area contributed by atoms with E-state index in [1.54, 1.807) is 18.5 Å². The Morgan fingerprint density at radius 2 is 2.04 bits per heavy atom. The van der Waals surface area contributed by atoms with Crippen LogP contribution in [0.15, 0.2) is 52.8 Å². The quantitative estimate of drug-likeness (QED) is 0.687. The van der Waals surface area contributed by atoms with Crippen LogP contribution >= 0.6 is 23.1 Å². The third-order valence-corrected chi connectivity index (χ3v) is 5.45. The third kappa shape index (κ3) is 4.64. The van der Waals surface area contributed by atoms with E-state index >= 15 is 0 Å². The summed E-state index contributed by atoms with van der Waals surface area (Å²) in [4.78, 5) is 26.3. The van der Waals surface area contributed by atoms with Crippen molar-refractivity contribution in [3.63, 3.8) is 0 Å². The number of anilines is 1. The number of carbonyl (C=O) groups excluding carboxylic acids is 1. The molecule has 7 heteroatoms. The fourth-order valence-corrected chi connectivity index (χ4v) is 4.06. The van der Waals surface area contributed by atoms with Gasteiger partial charge in [0.25, 0.3) is 5.91 Å². The van der Waals surface area contributed by atoms with Gasteiger partial charge >= 0.3 is 0 Å². The van der Waals surface area contributed by atoms with E-state index in [1.165, 1.54) is 23.1 Å². The van der Waals surface area contributed by atoms with Gasteiger partial charge in [-0.1, -0.05) is 24.8 Å². The monoisotopic (exact) mass is 370 g/mol. The van der Waals surface area contributed by atoms with E-state index in [9.17, 15) is 4.79 Å². The maximum Gasteiger partial charge on any atom is 0.267 e. The standard InChI is InChI=1S/C18H18N4OS2/c1-3-6-15-21-12(2)17(25-15)18(23)22-13-8-10-20-16(11-13)24-14-7-4-5-9-19-14/h4-5,7-11H,3,6H2,1-2H3,(H,20,22,23). The van der Waals surface area contributed by atoms with Gasteiger partial charge in [0.15, 0.2) is 0 Å². The Hall–Kier alpha value is -2.25. The molecule has 0 aromatic carbocycles. The summed E-state index contributed by atoms with van der Waals surface area (Å²) in [6, 6.07) is 9.36. The highest BCUT2D eigenvalue weighted by Crippen LogP contribution is 2.26. The number of hydrogen-bond donors (Lipinski definition) is 1. The van der Waals surface area contributed by atoms with Crippen LogP contribution in [0, 0.1) is 6.92 Å². The fourth-order valence-electron chi connectivity index (χ4n) is 2.23. The first kappa shape index (κ1) is 17.6. The molecule has 25 heavy (non-hydrogen) atoms. The molecular formula is C18H18N4OS2. The molecule has 0 bridgehead atoms. The summed E-state index contributed by atoms with van der Waals surface area (Å²) in [6.07, 6.45) is 5.35. The number of rotatable bonds is 6. The van der Waals surface area contributed by atoms with E-state index in [2.05, 4.69) is 27.2 Å². The predicted molar refractivity (Wildman–Crippen MR) is 101 cm³/mol. The molecule has 0 radical (unpaired) electrons. The number of nitrogens with zero attached hydrogens (tertiary/aromatic N) is 3. The first-order valence-corrected chi connectivity index (χ1v) is 9.61. The first-order chi connectivity index (χ1) is 12.2. The Balaban J connectivity index is 1.72. The number of pyridine rings is 2. The second kappa shape index (κ2) is 8.22. The largest absolute Gasteiger partial charge is 0.321 e. The van der Waals surface area contributed by atoms with Gasteiger partial charge in [-0.25, -0.2) is 15.0 Å². The zero-order valence-corrected chi connectivity index (χ0v) is 15.7. The minimum Gasteiger partial charge on any atom is -0.321 e. The van der Waals surface area contributed by atoms with Crippen LogP contribution in [0.3, 0.4) is 0 Å². The van der Waals surface area contributed by atoms with Crippen LogP contribution in [0.4, 0.5) is 5.69 Å².